The first-order valence-corrected chi connectivity index (χ1v) is 11.5. The van der Waals surface area contributed by atoms with Crippen LogP contribution in [-0.2, 0) is 19.6 Å². The molecule has 0 saturated heterocycles. The summed E-state index contributed by atoms with van der Waals surface area (Å²) in [5.74, 6) is 2.20. The maximum absolute atomic E-state index is 10.1. The molecule has 176 valence electrons. The van der Waals surface area contributed by atoms with Gasteiger partial charge in [-0.25, -0.2) is 0 Å². The van der Waals surface area contributed by atoms with Gasteiger partial charge >= 0.3 is 0 Å². The van der Waals surface area contributed by atoms with Crippen molar-refractivity contribution < 1.29 is 24.4 Å². The minimum absolute atomic E-state index is 0.0365. The van der Waals surface area contributed by atoms with Gasteiger partial charge in [0, 0.05) is 11.6 Å². The lowest BCUT2D eigenvalue weighted by Gasteiger charge is -2.32. The minimum atomic E-state index is -0.113. The number of aliphatic hydroxyl groups excluding tert-OH is 2. The molecule has 3 N–H and O–H groups in total. The maximum atomic E-state index is 10.1. The van der Waals surface area contributed by atoms with Crippen LogP contribution in [0.2, 0.25) is 0 Å². The molecule has 3 aromatic rings. The molecule has 2 aliphatic rings. The number of hydrogen-bond acceptors (Lipinski definition) is 6. The van der Waals surface area contributed by atoms with Gasteiger partial charge in [-0.3, -0.25) is 0 Å². The van der Waals surface area contributed by atoms with Gasteiger partial charge in [0.25, 0.3) is 0 Å². The second-order valence-corrected chi connectivity index (χ2v) is 8.74. The molecular weight excluding hydrogens is 430 g/mol. The molecule has 0 radical (unpaired) electrons. The van der Waals surface area contributed by atoms with Crippen molar-refractivity contribution in [3.05, 3.63) is 94.1 Å². The van der Waals surface area contributed by atoms with E-state index in [1.54, 1.807) is 0 Å². The molecule has 6 nitrogen and oxygen atoms in total. The van der Waals surface area contributed by atoms with Gasteiger partial charge < -0.3 is 29.7 Å². The van der Waals surface area contributed by atoms with Gasteiger partial charge in [0.05, 0.1) is 19.3 Å². The van der Waals surface area contributed by atoms with Crippen LogP contribution < -0.4 is 19.5 Å². The molecule has 0 amide bonds. The summed E-state index contributed by atoms with van der Waals surface area (Å²) in [6.45, 7) is 2.64. The highest BCUT2D eigenvalue weighted by atomic mass is 16.7. The van der Waals surface area contributed by atoms with Crippen molar-refractivity contribution in [3.8, 4) is 17.2 Å². The van der Waals surface area contributed by atoms with Crippen LogP contribution in [0.25, 0.3) is 6.08 Å². The summed E-state index contributed by atoms with van der Waals surface area (Å²) in [5.41, 5.74) is 6.14. The molecule has 0 aromatic heterocycles. The monoisotopic (exact) mass is 459 g/mol. The van der Waals surface area contributed by atoms with Crippen molar-refractivity contribution in [1.29, 1.82) is 0 Å². The van der Waals surface area contributed by atoms with E-state index in [0.29, 0.717) is 18.8 Å². The van der Waals surface area contributed by atoms with Gasteiger partial charge in [-0.05, 0) is 65.4 Å². The number of fused-ring (bicyclic) bond motifs is 2. The van der Waals surface area contributed by atoms with Crippen molar-refractivity contribution in [3.63, 3.8) is 0 Å². The highest BCUT2D eigenvalue weighted by Gasteiger charge is 2.26. The molecule has 0 fully saturated rings. The number of aliphatic hydroxyl groups is 2. The average Bonchev–Trinajstić information content (AvgIpc) is 3.32. The number of hydrogen-bond donors (Lipinski definition) is 3. The Labute approximate surface area is 199 Å². The van der Waals surface area contributed by atoms with Crippen LogP contribution in [0, 0.1) is 6.92 Å². The molecular formula is C28H29NO5. The zero-order chi connectivity index (χ0) is 23.5. The lowest BCUT2D eigenvalue weighted by atomic mass is 9.88. The van der Waals surface area contributed by atoms with Crippen molar-refractivity contribution in [2.45, 2.75) is 38.6 Å². The van der Waals surface area contributed by atoms with Crippen LogP contribution in [0.15, 0.2) is 60.7 Å². The van der Waals surface area contributed by atoms with Gasteiger partial charge in [-0.2, -0.15) is 0 Å². The van der Waals surface area contributed by atoms with E-state index in [0.717, 1.165) is 44.9 Å². The van der Waals surface area contributed by atoms with Gasteiger partial charge in [0.15, 0.2) is 11.5 Å². The Morgan fingerprint density at radius 1 is 1.06 bits per heavy atom. The first kappa shape index (κ1) is 22.5. The van der Waals surface area contributed by atoms with E-state index < -0.39 is 0 Å². The van der Waals surface area contributed by atoms with E-state index in [1.807, 2.05) is 61.5 Å². The smallest absolute Gasteiger partial charge is 0.231 e. The SMILES string of the molecule is Cc1cc2c(cc1/C=C/C1NC(CO)Cc3cc(OCc4ccccc4)c(CO)cc31)OCO2. The molecule has 3 aromatic carbocycles. The summed E-state index contributed by atoms with van der Waals surface area (Å²) >= 11 is 0. The molecule has 5 rings (SSSR count). The van der Waals surface area contributed by atoms with E-state index in [-0.39, 0.29) is 32.1 Å². The standard InChI is InChI=1S/C28H29NO5/c1-18-9-27-28(34-17-33-27)12-20(18)7-8-25-24-11-22(14-30)26(13-21(24)10-23(15-31)29-25)32-16-19-5-3-2-4-6-19/h2-9,11-13,23,25,29-31H,10,14-17H2,1H3/b8-7+. The second-order valence-electron chi connectivity index (χ2n) is 8.74. The first-order valence-electron chi connectivity index (χ1n) is 11.5. The van der Waals surface area contributed by atoms with Crippen molar-refractivity contribution in [2.75, 3.05) is 13.4 Å². The molecule has 0 saturated carbocycles. The Morgan fingerprint density at radius 2 is 1.85 bits per heavy atom. The fourth-order valence-corrected chi connectivity index (χ4v) is 4.53. The highest BCUT2D eigenvalue weighted by molar-refractivity contribution is 5.61. The third-order valence-electron chi connectivity index (χ3n) is 6.40. The lowest BCUT2D eigenvalue weighted by molar-refractivity contribution is 0.174. The summed E-state index contributed by atoms with van der Waals surface area (Å²) in [7, 11) is 0. The van der Waals surface area contributed by atoms with Crippen LogP contribution in [-0.4, -0.2) is 29.7 Å². The van der Waals surface area contributed by atoms with Gasteiger partial charge in [-0.15, -0.1) is 0 Å². The predicted molar refractivity (Wildman–Crippen MR) is 130 cm³/mol. The summed E-state index contributed by atoms with van der Waals surface area (Å²) in [5, 5.41) is 23.5. The Kier molecular flexibility index (Phi) is 6.54. The number of rotatable bonds is 7. The molecule has 2 heterocycles. The van der Waals surface area contributed by atoms with Crippen LogP contribution in [0.1, 0.15) is 39.4 Å². The fraction of sp³-hybridized carbons (Fsp3) is 0.286. The molecule has 6 heteroatoms. The summed E-state index contributed by atoms with van der Waals surface area (Å²) < 4.78 is 17.1. The normalized spacial score (nSPS) is 18.8. The fourth-order valence-electron chi connectivity index (χ4n) is 4.53. The van der Waals surface area contributed by atoms with E-state index >= 15 is 0 Å². The number of benzene rings is 3. The number of aryl methyl sites for hydroxylation is 1. The molecule has 0 bridgehead atoms. The van der Waals surface area contributed by atoms with Crippen LogP contribution >= 0.6 is 0 Å². The topological polar surface area (TPSA) is 80.2 Å². The Hall–Kier alpha value is -3.32. The number of nitrogens with one attached hydrogen (secondary N) is 1. The van der Waals surface area contributed by atoms with E-state index in [4.69, 9.17) is 14.2 Å². The van der Waals surface area contributed by atoms with Crippen molar-refractivity contribution in [1.82, 2.24) is 5.32 Å². The Balaban J connectivity index is 1.43. The third-order valence-corrected chi connectivity index (χ3v) is 6.40. The van der Waals surface area contributed by atoms with Crippen molar-refractivity contribution >= 4 is 6.08 Å². The molecule has 0 spiro atoms. The van der Waals surface area contributed by atoms with Crippen LogP contribution in [0.4, 0.5) is 0 Å². The second kappa shape index (κ2) is 9.89. The summed E-state index contributed by atoms with van der Waals surface area (Å²) in [6.07, 6.45) is 4.85. The van der Waals surface area contributed by atoms with Gasteiger partial charge in [0.2, 0.25) is 6.79 Å². The Morgan fingerprint density at radius 3 is 2.62 bits per heavy atom. The average molecular weight is 460 g/mol. The van der Waals surface area contributed by atoms with Gasteiger partial charge in [-0.1, -0.05) is 42.5 Å². The van der Waals surface area contributed by atoms with Gasteiger partial charge in [0.1, 0.15) is 12.4 Å². The third kappa shape index (κ3) is 4.66. The van der Waals surface area contributed by atoms with E-state index in [1.165, 1.54) is 0 Å². The zero-order valence-corrected chi connectivity index (χ0v) is 19.2. The minimum Gasteiger partial charge on any atom is -0.489 e. The van der Waals surface area contributed by atoms with E-state index in [2.05, 4.69) is 17.5 Å². The largest absolute Gasteiger partial charge is 0.489 e. The lowest BCUT2D eigenvalue weighted by Crippen LogP contribution is -2.41. The van der Waals surface area contributed by atoms with Crippen LogP contribution in [0.5, 0.6) is 17.2 Å². The molecule has 2 unspecified atom stereocenters. The van der Waals surface area contributed by atoms with Crippen LogP contribution in [0.3, 0.4) is 0 Å². The van der Waals surface area contributed by atoms with Crippen molar-refractivity contribution in [2.24, 2.45) is 0 Å². The predicted octanol–water partition coefficient (Wildman–Crippen LogP) is 4.06. The molecule has 2 atom stereocenters. The zero-order valence-electron chi connectivity index (χ0n) is 19.2. The Bertz CT molecular complexity index is 1190. The highest BCUT2D eigenvalue weighted by Crippen LogP contribution is 2.37. The molecule has 2 aliphatic heterocycles. The van der Waals surface area contributed by atoms with E-state index in [9.17, 15) is 10.2 Å². The summed E-state index contributed by atoms with van der Waals surface area (Å²) in [6, 6.07) is 17.8. The summed E-state index contributed by atoms with van der Waals surface area (Å²) in [4.78, 5) is 0. The number of ether oxygens (including phenoxy) is 3. The molecule has 0 aliphatic carbocycles. The quantitative estimate of drug-likeness (QED) is 0.495. The maximum Gasteiger partial charge on any atom is 0.231 e. The molecule has 34 heavy (non-hydrogen) atoms. The first-order chi connectivity index (χ1) is 16.6.